The van der Waals surface area contributed by atoms with Gasteiger partial charge in [0.15, 0.2) is 0 Å². The maximum absolute atomic E-state index is 9.83. The van der Waals surface area contributed by atoms with Gasteiger partial charge >= 0.3 is 0 Å². The summed E-state index contributed by atoms with van der Waals surface area (Å²) in [5.41, 5.74) is 3.62. The quantitative estimate of drug-likeness (QED) is 0.808. The lowest BCUT2D eigenvalue weighted by Gasteiger charge is -2.05. The van der Waals surface area contributed by atoms with Gasteiger partial charge in [-0.3, -0.25) is 4.99 Å². The van der Waals surface area contributed by atoms with Crippen LogP contribution in [0.4, 0.5) is 5.69 Å². The first-order valence-corrected chi connectivity index (χ1v) is 6.46. The highest BCUT2D eigenvalue weighted by Gasteiger charge is 2.05. The minimum Gasteiger partial charge on any atom is -0.507 e. The first-order chi connectivity index (χ1) is 8.56. The summed E-state index contributed by atoms with van der Waals surface area (Å²) in [6, 6.07) is 13.3. The molecular weight excluding hydrogens is 290 g/mol. The molecule has 0 fully saturated rings. The molecule has 0 amide bonds. The first kappa shape index (κ1) is 12.8. The van der Waals surface area contributed by atoms with E-state index in [2.05, 4.69) is 20.9 Å². The Balaban J connectivity index is 2.38. The van der Waals surface area contributed by atoms with Crippen molar-refractivity contribution in [2.24, 2.45) is 4.99 Å². The van der Waals surface area contributed by atoms with E-state index < -0.39 is 0 Å². The number of rotatable bonds is 2. The van der Waals surface area contributed by atoms with Crippen LogP contribution in [0, 0.1) is 6.92 Å². The summed E-state index contributed by atoms with van der Waals surface area (Å²) in [6.07, 6.45) is 0. The molecule has 0 spiro atoms. The zero-order chi connectivity index (χ0) is 13.1. The molecule has 18 heavy (non-hydrogen) atoms. The molecule has 2 aromatic carbocycles. The molecule has 0 aliphatic heterocycles. The molecule has 3 heteroatoms. The van der Waals surface area contributed by atoms with Crippen molar-refractivity contribution in [3.8, 4) is 5.75 Å². The second-order valence-electron chi connectivity index (χ2n) is 4.19. The van der Waals surface area contributed by atoms with Gasteiger partial charge in [-0.05, 0) is 44.2 Å². The molecule has 2 aromatic rings. The van der Waals surface area contributed by atoms with Gasteiger partial charge in [-0.2, -0.15) is 0 Å². The number of aryl methyl sites for hydroxylation is 1. The van der Waals surface area contributed by atoms with E-state index in [4.69, 9.17) is 0 Å². The summed E-state index contributed by atoms with van der Waals surface area (Å²) in [5.74, 6) is 0.242. The maximum Gasteiger partial charge on any atom is 0.124 e. The number of halogens is 1. The lowest BCUT2D eigenvalue weighted by molar-refractivity contribution is 0.474. The van der Waals surface area contributed by atoms with Crippen LogP contribution in [0.3, 0.4) is 0 Å². The number of nitrogens with zero attached hydrogens (tertiary/aromatic N) is 1. The van der Waals surface area contributed by atoms with Crippen LogP contribution < -0.4 is 0 Å². The van der Waals surface area contributed by atoms with Crippen molar-refractivity contribution in [1.82, 2.24) is 0 Å². The molecule has 0 saturated carbocycles. The van der Waals surface area contributed by atoms with Crippen LogP contribution in [0.5, 0.6) is 5.75 Å². The highest BCUT2D eigenvalue weighted by molar-refractivity contribution is 9.10. The molecule has 0 aromatic heterocycles. The van der Waals surface area contributed by atoms with Crippen molar-refractivity contribution in [2.45, 2.75) is 13.8 Å². The Morgan fingerprint density at radius 3 is 2.44 bits per heavy atom. The summed E-state index contributed by atoms with van der Waals surface area (Å²) >= 11 is 3.39. The Morgan fingerprint density at radius 1 is 1.11 bits per heavy atom. The zero-order valence-corrected chi connectivity index (χ0v) is 11.9. The molecule has 0 bridgehead atoms. The molecular formula is C15H14BrNO. The lowest BCUT2D eigenvalue weighted by Crippen LogP contribution is -1.94. The third kappa shape index (κ3) is 2.99. The van der Waals surface area contributed by atoms with E-state index in [0.717, 1.165) is 21.4 Å². The summed E-state index contributed by atoms with van der Waals surface area (Å²) in [5, 5.41) is 9.83. The van der Waals surface area contributed by atoms with Crippen molar-refractivity contribution in [3.05, 3.63) is 58.1 Å². The monoisotopic (exact) mass is 303 g/mol. The van der Waals surface area contributed by atoms with E-state index in [1.807, 2.05) is 44.2 Å². The van der Waals surface area contributed by atoms with E-state index in [-0.39, 0.29) is 5.75 Å². The van der Waals surface area contributed by atoms with Gasteiger partial charge in [0.1, 0.15) is 5.75 Å². The fourth-order valence-corrected chi connectivity index (χ4v) is 2.03. The van der Waals surface area contributed by atoms with Crippen molar-refractivity contribution in [3.63, 3.8) is 0 Å². The van der Waals surface area contributed by atoms with E-state index in [1.165, 1.54) is 5.56 Å². The Hall–Kier alpha value is -1.61. The van der Waals surface area contributed by atoms with Gasteiger partial charge in [-0.15, -0.1) is 0 Å². The SMILES string of the molecule is CC(=Nc1ccc(C)cc1)c1cc(Br)ccc1O. The Kier molecular flexibility index (Phi) is 3.82. The topological polar surface area (TPSA) is 32.6 Å². The number of aromatic hydroxyl groups is 1. The van der Waals surface area contributed by atoms with Gasteiger partial charge in [0.2, 0.25) is 0 Å². The Morgan fingerprint density at radius 2 is 1.78 bits per heavy atom. The highest BCUT2D eigenvalue weighted by Crippen LogP contribution is 2.24. The number of benzene rings is 2. The van der Waals surface area contributed by atoms with Gasteiger partial charge in [0.25, 0.3) is 0 Å². The second kappa shape index (κ2) is 5.36. The molecule has 0 radical (unpaired) electrons. The summed E-state index contributed by atoms with van der Waals surface area (Å²) in [4.78, 5) is 4.51. The standard InChI is InChI=1S/C15H14BrNO/c1-10-3-6-13(7-4-10)17-11(2)14-9-12(16)5-8-15(14)18/h3-9,18H,1-2H3. The molecule has 0 aliphatic rings. The molecule has 2 nitrogen and oxygen atoms in total. The molecule has 1 N–H and O–H groups in total. The van der Waals surface area contributed by atoms with Gasteiger partial charge in [0, 0.05) is 15.7 Å². The third-order valence-corrected chi connectivity index (χ3v) is 3.17. The first-order valence-electron chi connectivity index (χ1n) is 5.67. The average molecular weight is 304 g/mol. The fourth-order valence-electron chi connectivity index (χ4n) is 1.67. The lowest BCUT2D eigenvalue weighted by atomic mass is 10.1. The van der Waals surface area contributed by atoms with E-state index in [0.29, 0.717) is 0 Å². The number of phenolic OH excluding ortho intramolecular Hbond substituents is 1. The van der Waals surface area contributed by atoms with Crippen molar-refractivity contribution < 1.29 is 5.11 Å². The van der Waals surface area contributed by atoms with Gasteiger partial charge in [-0.25, -0.2) is 0 Å². The van der Waals surface area contributed by atoms with Crippen LogP contribution in [0.25, 0.3) is 0 Å². The van der Waals surface area contributed by atoms with Crippen molar-refractivity contribution in [2.75, 3.05) is 0 Å². The number of aliphatic imine (C=N–C) groups is 1. The molecule has 0 atom stereocenters. The van der Waals surface area contributed by atoms with Crippen LogP contribution >= 0.6 is 15.9 Å². The Labute approximate surface area is 115 Å². The summed E-state index contributed by atoms with van der Waals surface area (Å²) in [6.45, 7) is 3.93. The van der Waals surface area contributed by atoms with Crippen LogP contribution in [0.15, 0.2) is 51.9 Å². The third-order valence-electron chi connectivity index (χ3n) is 2.68. The van der Waals surface area contributed by atoms with E-state index >= 15 is 0 Å². The zero-order valence-electron chi connectivity index (χ0n) is 10.3. The molecule has 2 rings (SSSR count). The van der Waals surface area contributed by atoms with Crippen molar-refractivity contribution >= 4 is 27.3 Å². The molecule has 0 unspecified atom stereocenters. The smallest absolute Gasteiger partial charge is 0.124 e. The van der Waals surface area contributed by atoms with Gasteiger partial charge < -0.3 is 5.11 Å². The van der Waals surface area contributed by atoms with Gasteiger partial charge in [-0.1, -0.05) is 33.6 Å². The fraction of sp³-hybridized carbons (Fsp3) is 0.133. The van der Waals surface area contributed by atoms with Crippen LogP contribution in [-0.2, 0) is 0 Å². The van der Waals surface area contributed by atoms with Crippen LogP contribution in [0.1, 0.15) is 18.1 Å². The van der Waals surface area contributed by atoms with Gasteiger partial charge in [0.05, 0.1) is 5.69 Å². The molecule has 92 valence electrons. The van der Waals surface area contributed by atoms with E-state index in [9.17, 15) is 5.11 Å². The largest absolute Gasteiger partial charge is 0.507 e. The molecule has 0 saturated heterocycles. The highest BCUT2D eigenvalue weighted by atomic mass is 79.9. The van der Waals surface area contributed by atoms with Crippen LogP contribution in [0.2, 0.25) is 0 Å². The predicted molar refractivity (Wildman–Crippen MR) is 78.9 cm³/mol. The number of hydrogen-bond donors (Lipinski definition) is 1. The predicted octanol–water partition coefficient (Wildman–Crippen LogP) is 4.60. The average Bonchev–Trinajstić information content (AvgIpc) is 2.35. The number of phenols is 1. The summed E-state index contributed by atoms with van der Waals surface area (Å²) in [7, 11) is 0. The molecule has 0 aliphatic carbocycles. The minimum absolute atomic E-state index is 0.242. The minimum atomic E-state index is 0.242. The number of hydrogen-bond acceptors (Lipinski definition) is 2. The van der Waals surface area contributed by atoms with Crippen LogP contribution in [-0.4, -0.2) is 10.8 Å². The van der Waals surface area contributed by atoms with Crippen molar-refractivity contribution in [1.29, 1.82) is 0 Å². The second-order valence-corrected chi connectivity index (χ2v) is 5.11. The molecule has 0 heterocycles. The Bertz CT molecular complexity index is 588. The maximum atomic E-state index is 9.83. The normalized spacial score (nSPS) is 11.6. The van der Waals surface area contributed by atoms with E-state index in [1.54, 1.807) is 12.1 Å². The summed E-state index contributed by atoms with van der Waals surface area (Å²) < 4.78 is 0.925.